The van der Waals surface area contributed by atoms with Gasteiger partial charge in [0.1, 0.15) is 0 Å². The highest BCUT2D eigenvalue weighted by Gasteiger charge is 2.48. The lowest BCUT2D eigenvalue weighted by Gasteiger charge is -2.25. The van der Waals surface area contributed by atoms with Crippen molar-refractivity contribution in [2.24, 2.45) is 0 Å². The molecule has 0 radical (unpaired) electrons. The number of rotatable bonds is 1. The van der Waals surface area contributed by atoms with Gasteiger partial charge in [0.25, 0.3) is 5.91 Å². The minimum atomic E-state index is -2.95. The fraction of sp³-hybridized carbons (Fsp3) is 0.600. The molecule has 0 unspecified atom stereocenters. The molecule has 0 bridgehead atoms. The van der Waals surface area contributed by atoms with E-state index < -0.39 is 17.7 Å². The number of amides is 1. The van der Waals surface area contributed by atoms with Crippen molar-refractivity contribution in [1.82, 2.24) is 10.6 Å². The van der Waals surface area contributed by atoms with Crippen molar-refractivity contribution in [2.75, 3.05) is 13.1 Å². The zero-order valence-corrected chi connectivity index (χ0v) is 5.56. The normalized spacial score (nSPS) is 31.2. The summed E-state index contributed by atoms with van der Waals surface area (Å²) in [7, 11) is 0. The maximum Gasteiger partial charge on any atom is 0.367 e. The van der Waals surface area contributed by atoms with Gasteiger partial charge in [0.15, 0.2) is 0 Å². The van der Waals surface area contributed by atoms with Gasteiger partial charge in [-0.2, -0.15) is 0 Å². The van der Waals surface area contributed by atoms with E-state index in [1.54, 1.807) is 0 Å². The van der Waals surface area contributed by atoms with Crippen molar-refractivity contribution < 1.29 is 19.1 Å². The van der Waals surface area contributed by atoms with Gasteiger partial charge >= 0.3 is 11.8 Å². The largest absolute Gasteiger partial charge is 0.477 e. The molecule has 3 N–H and O–H groups in total. The van der Waals surface area contributed by atoms with E-state index in [0.717, 1.165) is 0 Å². The molecule has 1 atom stereocenters. The monoisotopic (exact) mass is 162 g/mol. The second-order valence-corrected chi connectivity index (χ2v) is 2.15. The van der Waals surface area contributed by atoms with Crippen molar-refractivity contribution in [3.05, 3.63) is 0 Å². The number of aliphatic carboxylic acids is 1. The van der Waals surface area contributed by atoms with Crippen LogP contribution in [0.4, 0.5) is 4.39 Å². The summed E-state index contributed by atoms with van der Waals surface area (Å²) < 4.78 is 13.0. The number of carbonyl (C=O) groups excluding carboxylic acids is 1. The first kappa shape index (κ1) is 7.93. The number of carbonyl (C=O) groups is 2. The third kappa shape index (κ3) is 1.16. The Morgan fingerprint density at radius 2 is 2.27 bits per heavy atom. The number of piperazine rings is 1. The van der Waals surface area contributed by atoms with Gasteiger partial charge in [-0.05, 0) is 0 Å². The van der Waals surface area contributed by atoms with Crippen LogP contribution < -0.4 is 10.6 Å². The van der Waals surface area contributed by atoms with Gasteiger partial charge in [0.2, 0.25) is 0 Å². The molecule has 1 fully saturated rings. The molecule has 6 heteroatoms. The Morgan fingerprint density at radius 3 is 2.64 bits per heavy atom. The van der Waals surface area contributed by atoms with Gasteiger partial charge in [-0.25, -0.2) is 9.18 Å². The highest BCUT2D eigenvalue weighted by atomic mass is 19.1. The van der Waals surface area contributed by atoms with E-state index >= 15 is 0 Å². The highest BCUT2D eigenvalue weighted by molar-refractivity contribution is 6.05. The summed E-state index contributed by atoms with van der Waals surface area (Å²) in [5.41, 5.74) is 0. The number of hydrogen-bond donors (Lipinski definition) is 3. The Morgan fingerprint density at radius 1 is 1.64 bits per heavy atom. The highest BCUT2D eigenvalue weighted by Crippen LogP contribution is 2.09. The molecule has 0 spiro atoms. The van der Waals surface area contributed by atoms with E-state index in [1.165, 1.54) is 0 Å². The van der Waals surface area contributed by atoms with Crippen LogP contribution in [0.3, 0.4) is 0 Å². The van der Waals surface area contributed by atoms with Crippen LogP contribution in [0.5, 0.6) is 0 Å². The molecule has 1 rings (SSSR count). The molecule has 5 nitrogen and oxygen atoms in total. The molecule has 0 saturated carbocycles. The third-order valence-electron chi connectivity index (χ3n) is 1.39. The summed E-state index contributed by atoms with van der Waals surface area (Å²) in [5, 5.41) is 12.3. The van der Waals surface area contributed by atoms with E-state index in [2.05, 4.69) is 5.32 Å². The Labute approximate surface area is 61.6 Å². The predicted octanol–water partition coefficient (Wildman–Crippen LogP) is -1.54. The van der Waals surface area contributed by atoms with Crippen LogP contribution in [-0.2, 0) is 9.59 Å². The van der Waals surface area contributed by atoms with Gasteiger partial charge in [0, 0.05) is 13.1 Å². The molecule has 0 aromatic heterocycles. The summed E-state index contributed by atoms with van der Waals surface area (Å²) in [6.45, 7) is 0.367. The number of hydrogen-bond acceptors (Lipinski definition) is 3. The van der Waals surface area contributed by atoms with Crippen molar-refractivity contribution in [2.45, 2.75) is 5.79 Å². The maximum absolute atomic E-state index is 13.0. The smallest absolute Gasteiger partial charge is 0.367 e. The van der Waals surface area contributed by atoms with Crippen LogP contribution in [0.15, 0.2) is 0 Å². The lowest BCUT2D eigenvalue weighted by molar-refractivity contribution is -0.162. The number of nitrogens with one attached hydrogen (secondary N) is 2. The van der Waals surface area contributed by atoms with Gasteiger partial charge in [-0.1, -0.05) is 0 Å². The Bertz CT molecular complexity index is 208. The van der Waals surface area contributed by atoms with Crippen LogP contribution in [0.1, 0.15) is 0 Å². The fourth-order valence-corrected chi connectivity index (χ4v) is 0.786. The fourth-order valence-electron chi connectivity index (χ4n) is 0.786. The molecular formula is C5H7FN2O3. The van der Waals surface area contributed by atoms with Gasteiger partial charge in [0.05, 0.1) is 0 Å². The topological polar surface area (TPSA) is 78.4 Å². The standard InChI is InChI=1S/C5H7FN2O3/c6-5(4(10)11)3(9)7-1-2-8-5/h8H,1-2H2,(H,7,9)(H,10,11)/t5-/m1/s1. The SMILES string of the molecule is O=C(O)[C@]1(F)NCCNC1=O. The average molecular weight is 162 g/mol. The molecule has 1 aliphatic rings. The van der Waals surface area contributed by atoms with Crippen LogP contribution in [-0.4, -0.2) is 35.9 Å². The molecule has 11 heavy (non-hydrogen) atoms. The molecule has 1 heterocycles. The van der Waals surface area contributed by atoms with Crippen molar-refractivity contribution >= 4 is 11.9 Å². The summed E-state index contributed by atoms with van der Waals surface area (Å²) in [4.78, 5) is 20.8. The lowest BCUT2D eigenvalue weighted by atomic mass is 10.2. The first-order chi connectivity index (χ1) is 5.07. The minimum absolute atomic E-state index is 0.120. The summed E-state index contributed by atoms with van der Waals surface area (Å²) in [6, 6.07) is 0. The molecule has 62 valence electrons. The second kappa shape index (κ2) is 2.46. The van der Waals surface area contributed by atoms with Crippen molar-refractivity contribution in [3.63, 3.8) is 0 Å². The zero-order chi connectivity index (χ0) is 8.48. The quantitative estimate of drug-likeness (QED) is 0.322. The molecule has 1 aliphatic heterocycles. The summed E-state index contributed by atoms with van der Waals surface area (Å²) in [5.74, 6) is -5.90. The van der Waals surface area contributed by atoms with E-state index in [0.29, 0.717) is 0 Å². The van der Waals surface area contributed by atoms with Gasteiger partial charge < -0.3 is 10.4 Å². The lowest BCUT2D eigenvalue weighted by Crippen LogP contribution is -2.64. The van der Waals surface area contributed by atoms with Crippen LogP contribution in [0, 0.1) is 0 Å². The number of halogens is 1. The van der Waals surface area contributed by atoms with E-state index in [-0.39, 0.29) is 13.1 Å². The number of carboxylic acids is 1. The summed E-state index contributed by atoms with van der Waals surface area (Å²) in [6.07, 6.45) is 0. The summed E-state index contributed by atoms with van der Waals surface area (Å²) >= 11 is 0. The van der Waals surface area contributed by atoms with Gasteiger partial charge in [-0.15, -0.1) is 0 Å². The molecule has 0 aliphatic carbocycles. The molecule has 1 saturated heterocycles. The van der Waals surface area contributed by atoms with Crippen LogP contribution >= 0.6 is 0 Å². The van der Waals surface area contributed by atoms with E-state index in [1.807, 2.05) is 5.32 Å². The Balaban J connectivity index is 2.81. The Hall–Kier alpha value is -1.17. The minimum Gasteiger partial charge on any atom is -0.477 e. The van der Waals surface area contributed by atoms with E-state index in [9.17, 15) is 14.0 Å². The van der Waals surface area contributed by atoms with Crippen molar-refractivity contribution in [3.8, 4) is 0 Å². The number of carboxylic acid groups (broad SMARTS) is 1. The zero-order valence-electron chi connectivity index (χ0n) is 5.56. The average Bonchev–Trinajstić information content (AvgIpc) is 1.95. The van der Waals surface area contributed by atoms with Crippen LogP contribution in [0.25, 0.3) is 0 Å². The third-order valence-corrected chi connectivity index (χ3v) is 1.39. The van der Waals surface area contributed by atoms with Crippen LogP contribution in [0.2, 0.25) is 0 Å². The predicted molar refractivity (Wildman–Crippen MR) is 32.5 cm³/mol. The molecule has 0 aromatic carbocycles. The first-order valence-electron chi connectivity index (χ1n) is 3.03. The van der Waals surface area contributed by atoms with Gasteiger partial charge in [-0.3, -0.25) is 10.1 Å². The molecular weight excluding hydrogens is 155 g/mol. The Kier molecular flexibility index (Phi) is 1.77. The maximum atomic E-state index is 13.0. The molecule has 1 amide bonds. The molecule has 0 aromatic rings. The second-order valence-electron chi connectivity index (χ2n) is 2.15. The number of alkyl halides is 1. The first-order valence-corrected chi connectivity index (χ1v) is 3.03. The van der Waals surface area contributed by atoms with E-state index in [4.69, 9.17) is 5.11 Å². The van der Waals surface area contributed by atoms with Crippen molar-refractivity contribution in [1.29, 1.82) is 0 Å².